The Labute approximate surface area is 55.4 Å². The van der Waals surface area contributed by atoms with E-state index in [9.17, 15) is 0 Å². The summed E-state index contributed by atoms with van der Waals surface area (Å²) in [5.74, 6) is 0. The standard InChI is InChI=1S/CH2O3.6H2O/c2-1(3)4;;;;;;/h(H2,2,3,4);6*1H2/p-2. The molecule has 0 unspecified atom stereocenters. The molecule has 9 heteroatoms. The van der Waals surface area contributed by atoms with Crippen LogP contribution in [0.2, 0.25) is 0 Å². The Morgan fingerprint density at radius 3 is 0.700 bits per heavy atom. The van der Waals surface area contributed by atoms with Crippen molar-refractivity contribution in [3.8, 4) is 0 Å². The molecule has 0 heterocycles. The van der Waals surface area contributed by atoms with Crippen LogP contribution in [0.1, 0.15) is 0 Å². The first-order valence-corrected chi connectivity index (χ1v) is 0.612. The molecule has 0 aliphatic rings. The highest BCUT2D eigenvalue weighted by atomic mass is 16.6. The molecule has 0 radical (unpaired) electrons. The first-order valence-electron chi connectivity index (χ1n) is 0.612. The van der Waals surface area contributed by atoms with Crippen molar-refractivity contribution in [3.05, 3.63) is 0 Å². The number of carbonyl (C=O) groups excluding carboxylic acids is 1. The number of carboxylic acid groups (broad SMARTS) is 2. The quantitative estimate of drug-likeness (QED) is 0.341. The van der Waals surface area contributed by atoms with Crippen molar-refractivity contribution in [2.75, 3.05) is 0 Å². The third kappa shape index (κ3) is 272. The van der Waals surface area contributed by atoms with Crippen LogP contribution in [0.4, 0.5) is 4.79 Å². The van der Waals surface area contributed by atoms with Crippen LogP contribution in [0.15, 0.2) is 0 Å². The van der Waals surface area contributed by atoms with Crippen LogP contribution < -0.4 is 10.2 Å². The molecule has 0 amide bonds. The van der Waals surface area contributed by atoms with E-state index in [0.717, 1.165) is 0 Å². The summed E-state index contributed by atoms with van der Waals surface area (Å²) in [6.07, 6.45) is -2.33. The maximum Gasteiger partial charge on any atom is -0.0431 e. The summed E-state index contributed by atoms with van der Waals surface area (Å²) in [6.45, 7) is 0. The molecule has 72 valence electrons. The number of hydrogen-bond acceptors (Lipinski definition) is 3. The monoisotopic (exact) mass is 168 g/mol. The highest BCUT2D eigenvalue weighted by Crippen LogP contribution is 1.21. The molecule has 0 atom stereocenters. The van der Waals surface area contributed by atoms with Crippen molar-refractivity contribution in [1.82, 2.24) is 0 Å². The normalized spacial score (nSPS) is 2.40. The molecule has 0 bridgehead atoms. The van der Waals surface area contributed by atoms with Gasteiger partial charge in [0.1, 0.15) is 0 Å². The molecule has 0 spiro atoms. The predicted molar refractivity (Wildman–Crippen MR) is 27.1 cm³/mol. The van der Waals surface area contributed by atoms with Gasteiger partial charge in [0.2, 0.25) is 0 Å². The molecular weight excluding hydrogens is 156 g/mol. The van der Waals surface area contributed by atoms with Crippen molar-refractivity contribution in [2.45, 2.75) is 0 Å². The summed E-state index contributed by atoms with van der Waals surface area (Å²) < 4.78 is 0. The minimum atomic E-state index is -2.33. The largest absolute Gasteiger partial charge is 0.652 e. The number of carbonyl (C=O) groups is 1. The second kappa shape index (κ2) is 96.3. The van der Waals surface area contributed by atoms with Crippen LogP contribution in [0, 0.1) is 0 Å². The van der Waals surface area contributed by atoms with Crippen molar-refractivity contribution < 1.29 is 47.9 Å². The van der Waals surface area contributed by atoms with Crippen LogP contribution in [0.3, 0.4) is 0 Å². The third-order valence-corrected chi connectivity index (χ3v) is 0. The van der Waals surface area contributed by atoms with Gasteiger partial charge >= 0.3 is 0 Å². The maximum atomic E-state index is 8.33. The van der Waals surface area contributed by atoms with Crippen LogP contribution in [-0.4, -0.2) is 39.0 Å². The summed E-state index contributed by atoms with van der Waals surface area (Å²) in [4.78, 5) is 8.33. The molecule has 0 fully saturated rings. The lowest BCUT2D eigenvalue weighted by molar-refractivity contribution is -0.415. The van der Waals surface area contributed by atoms with Crippen molar-refractivity contribution in [1.29, 1.82) is 0 Å². The fourth-order valence-corrected chi connectivity index (χ4v) is 0. The summed E-state index contributed by atoms with van der Waals surface area (Å²) in [7, 11) is 0. The van der Waals surface area contributed by atoms with Crippen molar-refractivity contribution in [2.24, 2.45) is 0 Å². The fourth-order valence-electron chi connectivity index (χ4n) is 0. The molecule has 10 heavy (non-hydrogen) atoms. The Kier molecular flexibility index (Phi) is 1360. The van der Waals surface area contributed by atoms with E-state index in [1.165, 1.54) is 0 Å². The zero-order valence-corrected chi connectivity index (χ0v) is 4.72. The number of rotatable bonds is 0. The van der Waals surface area contributed by atoms with Crippen LogP contribution in [0.5, 0.6) is 0 Å². The Bertz CT molecular complexity index is 27.7. The Balaban J connectivity index is -0.00000000300. The Hall–Kier alpha value is -0.970. The highest BCUT2D eigenvalue weighted by Gasteiger charge is 1.26. The van der Waals surface area contributed by atoms with E-state index in [1.807, 2.05) is 0 Å². The molecule has 12 N–H and O–H groups in total. The second-order valence-electron chi connectivity index (χ2n) is 0.250. The molecule has 0 aliphatic carbocycles. The molecule has 0 saturated carbocycles. The van der Waals surface area contributed by atoms with Gasteiger partial charge in [-0.25, -0.2) is 0 Å². The van der Waals surface area contributed by atoms with Gasteiger partial charge in [-0.05, 0) is 6.16 Å². The van der Waals surface area contributed by atoms with Crippen LogP contribution in [-0.2, 0) is 0 Å². The lowest BCUT2D eigenvalue weighted by Crippen LogP contribution is -2.37. The lowest BCUT2D eigenvalue weighted by Gasteiger charge is -1.96. The molecule has 0 aromatic carbocycles. The van der Waals surface area contributed by atoms with E-state index in [1.54, 1.807) is 0 Å². The SMILES string of the molecule is O.O.O.O.O.O.O=C([O-])[O-]. The van der Waals surface area contributed by atoms with Gasteiger partial charge in [-0.15, -0.1) is 0 Å². The average molecular weight is 168 g/mol. The maximum absolute atomic E-state index is 8.33. The topological polar surface area (TPSA) is 252 Å². The van der Waals surface area contributed by atoms with E-state index >= 15 is 0 Å². The fraction of sp³-hybridized carbons (Fsp3) is 0. The van der Waals surface area contributed by atoms with E-state index in [0.29, 0.717) is 0 Å². The Morgan fingerprint density at radius 1 is 0.700 bits per heavy atom. The van der Waals surface area contributed by atoms with Gasteiger partial charge in [0.05, 0.1) is 0 Å². The van der Waals surface area contributed by atoms with Gasteiger partial charge in [0.15, 0.2) is 0 Å². The summed E-state index contributed by atoms with van der Waals surface area (Å²) >= 11 is 0. The van der Waals surface area contributed by atoms with E-state index < -0.39 is 6.16 Å². The van der Waals surface area contributed by atoms with Crippen LogP contribution >= 0.6 is 0 Å². The molecule has 0 saturated heterocycles. The molecule has 0 aromatic heterocycles. The second-order valence-corrected chi connectivity index (χ2v) is 0.250. The first-order chi connectivity index (χ1) is 1.73. The predicted octanol–water partition coefficient (Wildman–Crippen LogP) is -7.40. The average Bonchev–Trinajstić information content (AvgIpc) is 0.811. The van der Waals surface area contributed by atoms with Crippen molar-refractivity contribution in [3.63, 3.8) is 0 Å². The van der Waals surface area contributed by atoms with E-state index in [-0.39, 0.29) is 32.9 Å². The molecule has 0 aromatic rings. The van der Waals surface area contributed by atoms with E-state index in [2.05, 4.69) is 0 Å². The van der Waals surface area contributed by atoms with Gasteiger partial charge in [0.25, 0.3) is 0 Å². The smallest absolute Gasteiger partial charge is 0.0431 e. The molecule has 0 rings (SSSR count). The zero-order valence-electron chi connectivity index (χ0n) is 4.72. The highest BCUT2D eigenvalue weighted by molar-refractivity contribution is 5.47. The van der Waals surface area contributed by atoms with Gasteiger partial charge in [-0.3, -0.25) is 0 Å². The zero-order chi connectivity index (χ0) is 3.58. The third-order valence-electron chi connectivity index (χ3n) is 0. The van der Waals surface area contributed by atoms with Gasteiger partial charge in [0, 0.05) is 0 Å². The van der Waals surface area contributed by atoms with Crippen molar-refractivity contribution >= 4 is 6.16 Å². The molecule has 0 aliphatic heterocycles. The molecule has 9 nitrogen and oxygen atoms in total. The minimum absolute atomic E-state index is 0. The lowest BCUT2D eigenvalue weighted by atomic mass is 11.5. The Morgan fingerprint density at radius 2 is 0.700 bits per heavy atom. The van der Waals surface area contributed by atoms with Crippen LogP contribution in [0.25, 0.3) is 0 Å². The van der Waals surface area contributed by atoms with Gasteiger partial charge < -0.3 is 47.9 Å². The summed E-state index contributed by atoms with van der Waals surface area (Å²) in [6, 6.07) is 0. The summed E-state index contributed by atoms with van der Waals surface area (Å²) in [5, 5.41) is 16.7. The first kappa shape index (κ1) is 141. The van der Waals surface area contributed by atoms with E-state index in [4.69, 9.17) is 15.0 Å². The summed E-state index contributed by atoms with van der Waals surface area (Å²) in [5.41, 5.74) is 0. The van der Waals surface area contributed by atoms with Gasteiger partial charge in [-0.2, -0.15) is 0 Å². The van der Waals surface area contributed by atoms with Gasteiger partial charge in [-0.1, -0.05) is 0 Å². The minimum Gasteiger partial charge on any atom is -0.652 e. The number of hydrogen-bond donors (Lipinski definition) is 0. The molecular formula is CH12O9-2.